The van der Waals surface area contributed by atoms with Gasteiger partial charge in [-0.05, 0) is 82.9 Å². The Balaban J connectivity index is 1.03. The molecule has 11 rings (SSSR count). The second-order valence-corrected chi connectivity index (χ2v) is 14.9. The predicted octanol–water partition coefficient (Wildman–Crippen LogP) is 13.7. The Morgan fingerprint density at radius 1 is 0.382 bits per heavy atom. The van der Waals surface area contributed by atoms with E-state index >= 15 is 0 Å². The third-order valence-corrected chi connectivity index (χ3v) is 11.7. The fraction of sp³-hybridized carbons (Fsp3) is 0. The maximum absolute atomic E-state index is 5.26. The van der Waals surface area contributed by atoms with Gasteiger partial charge in [0.2, 0.25) is 5.95 Å². The van der Waals surface area contributed by atoms with Gasteiger partial charge in [-0.15, -0.1) is 0 Å². The summed E-state index contributed by atoms with van der Waals surface area (Å²) >= 11 is 1.84. The normalized spacial score (nSPS) is 12.3. The first kappa shape index (κ1) is 31.6. The zero-order valence-electron chi connectivity index (χ0n) is 29.7. The molecule has 8 aromatic carbocycles. The van der Waals surface area contributed by atoms with Crippen LogP contribution in [0.25, 0.3) is 72.2 Å². The van der Waals surface area contributed by atoms with Crippen molar-refractivity contribution in [1.29, 1.82) is 0 Å². The van der Waals surface area contributed by atoms with Crippen molar-refractivity contribution in [1.82, 2.24) is 14.5 Å². The summed E-state index contributed by atoms with van der Waals surface area (Å²) in [6, 6.07) is 69.1. The second-order valence-electron chi connectivity index (χ2n) is 13.8. The molecule has 0 spiro atoms. The third kappa shape index (κ3) is 5.31. The minimum Gasteiger partial charge on any atom is -0.308 e. The summed E-state index contributed by atoms with van der Waals surface area (Å²) in [6.07, 6.45) is 0. The van der Waals surface area contributed by atoms with Crippen LogP contribution in [0.2, 0.25) is 0 Å². The van der Waals surface area contributed by atoms with Crippen LogP contribution in [0, 0.1) is 0 Å². The Morgan fingerprint density at radius 2 is 0.982 bits per heavy atom. The van der Waals surface area contributed by atoms with E-state index in [1.165, 1.54) is 54.2 Å². The van der Waals surface area contributed by atoms with Crippen LogP contribution in [0.1, 0.15) is 0 Å². The van der Waals surface area contributed by atoms with Crippen LogP contribution in [-0.2, 0) is 0 Å². The number of hydrogen-bond donors (Lipinski definition) is 0. The highest BCUT2D eigenvalue weighted by atomic mass is 32.2. The van der Waals surface area contributed by atoms with E-state index in [4.69, 9.17) is 9.97 Å². The number of para-hydroxylation sites is 3. The third-order valence-electron chi connectivity index (χ3n) is 10.6. The molecule has 0 radical (unpaired) electrons. The quantitative estimate of drug-likeness (QED) is 0.177. The van der Waals surface area contributed by atoms with Gasteiger partial charge >= 0.3 is 0 Å². The summed E-state index contributed by atoms with van der Waals surface area (Å²) in [5.74, 6) is 0.664. The van der Waals surface area contributed by atoms with Crippen molar-refractivity contribution in [3.05, 3.63) is 194 Å². The smallest absolute Gasteiger partial charge is 0.235 e. The summed E-state index contributed by atoms with van der Waals surface area (Å²) in [5, 5.41) is 3.38. The molecule has 1 aliphatic rings. The minimum absolute atomic E-state index is 0.664. The highest BCUT2D eigenvalue weighted by Crippen LogP contribution is 2.52. The zero-order chi connectivity index (χ0) is 36.3. The lowest BCUT2D eigenvalue weighted by atomic mass is 10.0. The van der Waals surface area contributed by atoms with Gasteiger partial charge in [0.15, 0.2) is 0 Å². The minimum atomic E-state index is 0.664. The van der Waals surface area contributed by atoms with E-state index < -0.39 is 0 Å². The Hall–Kier alpha value is -6.95. The fourth-order valence-electron chi connectivity index (χ4n) is 8.00. The van der Waals surface area contributed by atoms with E-state index in [9.17, 15) is 0 Å². The van der Waals surface area contributed by atoms with Crippen molar-refractivity contribution in [3.8, 4) is 39.5 Å². The Bertz CT molecular complexity index is 3060. The fourth-order valence-corrected chi connectivity index (χ4v) is 9.09. The molecule has 258 valence electrons. The second kappa shape index (κ2) is 12.9. The van der Waals surface area contributed by atoms with Gasteiger partial charge in [0.05, 0.1) is 33.6 Å². The molecule has 0 atom stereocenters. The van der Waals surface area contributed by atoms with Gasteiger partial charge in [-0.2, -0.15) is 0 Å². The Kier molecular flexibility index (Phi) is 7.39. The monoisotopic (exact) mass is 720 g/mol. The van der Waals surface area contributed by atoms with Crippen LogP contribution in [0.3, 0.4) is 0 Å². The van der Waals surface area contributed by atoms with Gasteiger partial charge < -0.3 is 4.90 Å². The molecule has 0 amide bonds. The predicted molar refractivity (Wildman–Crippen MR) is 229 cm³/mol. The van der Waals surface area contributed by atoms with Crippen LogP contribution in [0.5, 0.6) is 0 Å². The molecule has 2 aromatic heterocycles. The van der Waals surface area contributed by atoms with E-state index in [1.54, 1.807) is 0 Å². The highest BCUT2D eigenvalue weighted by Gasteiger charge is 2.25. The molecule has 0 saturated heterocycles. The average molecular weight is 721 g/mol. The topological polar surface area (TPSA) is 34.0 Å². The first-order chi connectivity index (χ1) is 27.3. The van der Waals surface area contributed by atoms with Crippen LogP contribution in [0.15, 0.2) is 204 Å². The molecule has 55 heavy (non-hydrogen) atoms. The van der Waals surface area contributed by atoms with Crippen LogP contribution in [0.4, 0.5) is 17.1 Å². The molecule has 0 N–H and O–H groups in total. The van der Waals surface area contributed by atoms with Crippen LogP contribution < -0.4 is 4.90 Å². The number of benzene rings is 8. The Morgan fingerprint density at radius 3 is 1.82 bits per heavy atom. The zero-order valence-corrected chi connectivity index (χ0v) is 30.5. The van der Waals surface area contributed by atoms with E-state index in [-0.39, 0.29) is 0 Å². The van der Waals surface area contributed by atoms with Crippen LogP contribution in [-0.4, -0.2) is 14.5 Å². The van der Waals surface area contributed by atoms with Crippen molar-refractivity contribution in [2.75, 3.05) is 4.90 Å². The molecule has 10 aromatic rings. The lowest BCUT2D eigenvalue weighted by molar-refractivity contribution is 1.01. The molecule has 4 nitrogen and oxygen atoms in total. The largest absolute Gasteiger partial charge is 0.308 e. The number of nitrogens with zero attached hydrogens (tertiary/aromatic N) is 4. The standard InChI is InChI=1S/C50H32N4S/c1-3-13-33(14-4-1)34-23-27-38(28-24-34)53-45-21-11-12-22-47(45)55-48-32-37(26-30-46(48)53)36-25-29-44-41(31-36)39-17-8-10-20-43(39)54(44)50-51-42-19-9-7-18-40(42)49(52-50)35-15-5-2-6-16-35/h1-32H. The number of anilines is 3. The Labute approximate surface area is 323 Å². The molecule has 1 aliphatic heterocycles. The lowest BCUT2D eigenvalue weighted by Gasteiger charge is -2.33. The first-order valence-corrected chi connectivity index (χ1v) is 19.3. The summed E-state index contributed by atoms with van der Waals surface area (Å²) in [6.45, 7) is 0. The van der Waals surface area contributed by atoms with Gasteiger partial charge in [-0.1, -0.05) is 145 Å². The number of fused-ring (bicyclic) bond motifs is 6. The summed E-state index contributed by atoms with van der Waals surface area (Å²) in [4.78, 5) is 15.3. The van der Waals surface area contributed by atoms with Crippen molar-refractivity contribution in [3.63, 3.8) is 0 Å². The van der Waals surface area contributed by atoms with Crippen molar-refractivity contribution < 1.29 is 0 Å². The molecule has 5 heteroatoms. The van der Waals surface area contributed by atoms with Gasteiger partial charge in [-0.3, -0.25) is 4.57 Å². The van der Waals surface area contributed by atoms with Gasteiger partial charge in [0.1, 0.15) is 0 Å². The molecular formula is C50H32N4S. The van der Waals surface area contributed by atoms with Gasteiger partial charge in [0.25, 0.3) is 0 Å². The summed E-state index contributed by atoms with van der Waals surface area (Å²) < 4.78 is 2.22. The van der Waals surface area contributed by atoms with Crippen molar-refractivity contribution >= 4 is 61.5 Å². The molecule has 3 heterocycles. The molecule has 0 saturated carbocycles. The summed E-state index contributed by atoms with van der Waals surface area (Å²) in [7, 11) is 0. The summed E-state index contributed by atoms with van der Waals surface area (Å²) in [5.41, 5.74) is 13.4. The molecule has 0 bridgehead atoms. The van der Waals surface area contributed by atoms with Gasteiger partial charge in [0, 0.05) is 37.2 Å². The average Bonchev–Trinajstić information content (AvgIpc) is 3.59. The molecular weight excluding hydrogens is 689 g/mol. The highest BCUT2D eigenvalue weighted by molar-refractivity contribution is 7.99. The number of aromatic nitrogens is 3. The number of rotatable bonds is 5. The molecule has 0 fully saturated rings. The van der Waals surface area contributed by atoms with Crippen molar-refractivity contribution in [2.45, 2.75) is 9.79 Å². The van der Waals surface area contributed by atoms with Gasteiger partial charge in [-0.25, -0.2) is 9.97 Å². The van der Waals surface area contributed by atoms with E-state index in [2.05, 4.69) is 191 Å². The number of hydrogen-bond acceptors (Lipinski definition) is 4. The maximum atomic E-state index is 5.26. The van der Waals surface area contributed by atoms with E-state index in [0.717, 1.165) is 38.9 Å². The first-order valence-electron chi connectivity index (χ1n) is 18.5. The van der Waals surface area contributed by atoms with Crippen LogP contribution >= 0.6 is 11.8 Å². The van der Waals surface area contributed by atoms with E-state index in [1.807, 2.05) is 23.9 Å². The maximum Gasteiger partial charge on any atom is 0.235 e. The lowest BCUT2D eigenvalue weighted by Crippen LogP contribution is -2.14. The molecule has 0 aliphatic carbocycles. The SMILES string of the molecule is c1ccc(-c2ccc(N3c4ccccc4Sc4cc(-c5ccc6c(c5)c5ccccc5n6-c5nc(-c6ccccc6)c6ccccc6n5)ccc43)cc2)cc1. The van der Waals surface area contributed by atoms with Crippen molar-refractivity contribution in [2.24, 2.45) is 0 Å². The van der Waals surface area contributed by atoms with E-state index in [0.29, 0.717) is 5.95 Å². The molecule has 0 unspecified atom stereocenters.